The summed E-state index contributed by atoms with van der Waals surface area (Å²) in [6.45, 7) is 9.31. The van der Waals surface area contributed by atoms with Crippen LogP contribution >= 0.6 is 0 Å². The second-order valence-corrected chi connectivity index (χ2v) is 8.32. The molecule has 0 N–H and O–H groups in total. The molecule has 7 heteroatoms. The van der Waals surface area contributed by atoms with E-state index in [-0.39, 0.29) is 17.6 Å². The molecule has 30 heavy (non-hydrogen) atoms. The summed E-state index contributed by atoms with van der Waals surface area (Å²) in [4.78, 5) is 22.3. The lowest BCUT2D eigenvalue weighted by molar-refractivity contribution is 0.0628. The van der Waals surface area contributed by atoms with Gasteiger partial charge in [-0.1, -0.05) is 32.0 Å². The van der Waals surface area contributed by atoms with Crippen LogP contribution in [0.3, 0.4) is 0 Å². The fourth-order valence-corrected chi connectivity index (χ4v) is 4.08. The van der Waals surface area contributed by atoms with E-state index < -0.39 is 0 Å². The number of aryl methyl sites for hydroxylation is 2. The molecule has 1 saturated heterocycles. The van der Waals surface area contributed by atoms with E-state index in [9.17, 15) is 9.18 Å². The molecular weight excluding hydrogens is 381 g/mol. The van der Waals surface area contributed by atoms with Crippen LogP contribution in [0.5, 0.6) is 0 Å². The highest BCUT2D eigenvalue weighted by atomic mass is 19.1. The van der Waals surface area contributed by atoms with Crippen LogP contribution in [-0.2, 0) is 13.6 Å². The summed E-state index contributed by atoms with van der Waals surface area (Å²) in [7, 11) is 1.86. The van der Waals surface area contributed by atoms with E-state index in [0.29, 0.717) is 30.8 Å². The zero-order chi connectivity index (χ0) is 21.4. The van der Waals surface area contributed by atoms with Crippen molar-refractivity contribution in [3.63, 3.8) is 0 Å². The number of hydrogen-bond donors (Lipinski definition) is 0. The van der Waals surface area contributed by atoms with Gasteiger partial charge in [0.1, 0.15) is 5.82 Å². The van der Waals surface area contributed by atoms with Gasteiger partial charge in [-0.2, -0.15) is 5.10 Å². The summed E-state index contributed by atoms with van der Waals surface area (Å²) >= 11 is 0. The van der Waals surface area contributed by atoms with E-state index in [0.717, 1.165) is 35.5 Å². The van der Waals surface area contributed by atoms with Crippen molar-refractivity contribution in [2.45, 2.75) is 33.2 Å². The third kappa shape index (κ3) is 3.81. The molecule has 3 heterocycles. The highest BCUT2D eigenvalue weighted by molar-refractivity contribution is 6.06. The van der Waals surface area contributed by atoms with Crippen molar-refractivity contribution in [3.05, 3.63) is 58.7 Å². The van der Waals surface area contributed by atoms with Crippen LogP contribution in [0.15, 0.2) is 30.3 Å². The van der Waals surface area contributed by atoms with Crippen molar-refractivity contribution in [1.82, 2.24) is 24.6 Å². The Balaban J connectivity index is 1.54. The molecule has 1 fully saturated rings. The van der Waals surface area contributed by atoms with Gasteiger partial charge in [0, 0.05) is 51.0 Å². The van der Waals surface area contributed by atoms with Gasteiger partial charge >= 0.3 is 0 Å². The van der Waals surface area contributed by atoms with Gasteiger partial charge < -0.3 is 4.90 Å². The maximum atomic E-state index is 14.0. The van der Waals surface area contributed by atoms with E-state index in [1.165, 1.54) is 6.07 Å². The molecular formula is C23H28FN5O. The predicted octanol–water partition coefficient (Wildman–Crippen LogP) is 3.50. The molecule has 0 spiro atoms. The summed E-state index contributed by atoms with van der Waals surface area (Å²) in [6, 6.07) is 8.80. The van der Waals surface area contributed by atoms with Gasteiger partial charge in [-0.3, -0.25) is 14.4 Å². The second-order valence-electron chi connectivity index (χ2n) is 8.32. The number of hydrogen-bond acceptors (Lipinski definition) is 4. The third-order valence-corrected chi connectivity index (χ3v) is 5.82. The SMILES string of the molecule is Cc1nn(C)c2nc(C(C)C)cc(C(=O)N3CCN(Cc4ccccc4F)CC3)c12. The van der Waals surface area contributed by atoms with Crippen LogP contribution in [0.1, 0.15) is 47.1 Å². The Morgan fingerprint density at radius 3 is 2.53 bits per heavy atom. The first kappa shape index (κ1) is 20.5. The molecule has 0 bridgehead atoms. The summed E-state index contributed by atoms with van der Waals surface area (Å²) < 4.78 is 15.7. The van der Waals surface area contributed by atoms with E-state index >= 15 is 0 Å². The topological polar surface area (TPSA) is 54.3 Å². The average molecular weight is 410 g/mol. The van der Waals surface area contributed by atoms with Crippen molar-refractivity contribution in [2.24, 2.45) is 7.05 Å². The lowest BCUT2D eigenvalue weighted by Crippen LogP contribution is -2.48. The van der Waals surface area contributed by atoms with Gasteiger partial charge in [-0.05, 0) is 25.0 Å². The van der Waals surface area contributed by atoms with Gasteiger partial charge in [0.2, 0.25) is 0 Å². The zero-order valence-electron chi connectivity index (χ0n) is 18.0. The molecule has 0 atom stereocenters. The molecule has 3 aromatic rings. The highest BCUT2D eigenvalue weighted by Crippen LogP contribution is 2.26. The molecule has 0 aliphatic carbocycles. The first-order valence-electron chi connectivity index (χ1n) is 10.4. The molecule has 4 rings (SSSR count). The number of halogens is 1. The number of rotatable bonds is 4. The van der Waals surface area contributed by atoms with Gasteiger partial charge in [-0.25, -0.2) is 9.37 Å². The highest BCUT2D eigenvalue weighted by Gasteiger charge is 2.26. The number of pyridine rings is 1. The smallest absolute Gasteiger partial charge is 0.254 e. The van der Waals surface area contributed by atoms with E-state index in [2.05, 4.69) is 23.8 Å². The Kier molecular flexibility index (Phi) is 5.56. The maximum absolute atomic E-state index is 14.0. The summed E-state index contributed by atoms with van der Waals surface area (Å²) in [5.74, 6) is 0.0585. The summed E-state index contributed by atoms with van der Waals surface area (Å²) in [5.41, 5.74) is 3.83. The van der Waals surface area contributed by atoms with Crippen LogP contribution in [0.25, 0.3) is 11.0 Å². The monoisotopic (exact) mass is 409 g/mol. The zero-order valence-corrected chi connectivity index (χ0v) is 18.0. The molecule has 1 amide bonds. The minimum Gasteiger partial charge on any atom is -0.336 e. The lowest BCUT2D eigenvalue weighted by Gasteiger charge is -2.35. The first-order chi connectivity index (χ1) is 14.3. The number of carbonyl (C=O) groups excluding carboxylic acids is 1. The standard InChI is InChI=1S/C23H28FN5O/c1-15(2)20-13-18(21-16(3)26-27(4)22(21)25-20)23(30)29-11-9-28(10-12-29)14-17-7-5-6-8-19(17)24/h5-8,13,15H,9-12,14H2,1-4H3. The molecule has 158 valence electrons. The van der Waals surface area contributed by atoms with Crippen molar-refractivity contribution in [2.75, 3.05) is 26.2 Å². The second kappa shape index (κ2) is 8.14. The molecule has 1 aromatic carbocycles. The van der Waals surface area contributed by atoms with E-state index in [1.54, 1.807) is 10.7 Å². The van der Waals surface area contributed by atoms with E-state index in [4.69, 9.17) is 4.98 Å². The van der Waals surface area contributed by atoms with Crippen molar-refractivity contribution >= 4 is 16.9 Å². The van der Waals surface area contributed by atoms with Gasteiger partial charge in [0.15, 0.2) is 5.65 Å². The molecule has 0 radical (unpaired) electrons. The summed E-state index contributed by atoms with van der Waals surface area (Å²) in [6.07, 6.45) is 0. The Hall–Kier alpha value is -2.80. The predicted molar refractivity (Wildman–Crippen MR) is 115 cm³/mol. The molecule has 2 aromatic heterocycles. The summed E-state index contributed by atoms with van der Waals surface area (Å²) in [5, 5.41) is 5.32. The average Bonchev–Trinajstić information content (AvgIpc) is 3.03. The maximum Gasteiger partial charge on any atom is 0.254 e. The number of fused-ring (bicyclic) bond motifs is 1. The lowest BCUT2D eigenvalue weighted by atomic mass is 10.0. The van der Waals surface area contributed by atoms with Crippen LogP contribution in [0, 0.1) is 12.7 Å². The minimum absolute atomic E-state index is 0.0194. The molecule has 6 nitrogen and oxygen atoms in total. The minimum atomic E-state index is -0.177. The number of amides is 1. The van der Waals surface area contributed by atoms with Crippen molar-refractivity contribution in [3.8, 4) is 0 Å². The van der Waals surface area contributed by atoms with Gasteiger partial charge in [0.25, 0.3) is 5.91 Å². The van der Waals surface area contributed by atoms with Gasteiger partial charge in [-0.15, -0.1) is 0 Å². The Bertz CT molecular complexity index is 1080. The van der Waals surface area contributed by atoms with Gasteiger partial charge in [0.05, 0.1) is 16.6 Å². The molecule has 1 aliphatic heterocycles. The normalized spacial score (nSPS) is 15.3. The number of nitrogens with zero attached hydrogens (tertiary/aromatic N) is 5. The van der Waals surface area contributed by atoms with E-state index in [1.807, 2.05) is 37.1 Å². The first-order valence-corrected chi connectivity index (χ1v) is 10.4. The fraction of sp³-hybridized carbons (Fsp3) is 0.435. The number of piperazine rings is 1. The Labute approximate surface area is 176 Å². The molecule has 1 aliphatic rings. The number of carbonyl (C=O) groups is 1. The molecule has 0 unspecified atom stereocenters. The number of benzene rings is 1. The Morgan fingerprint density at radius 1 is 1.17 bits per heavy atom. The van der Waals surface area contributed by atoms with Crippen LogP contribution in [0.2, 0.25) is 0 Å². The van der Waals surface area contributed by atoms with Crippen LogP contribution < -0.4 is 0 Å². The fourth-order valence-electron chi connectivity index (χ4n) is 4.08. The van der Waals surface area contributed by atoms with Crippen LogP contribution in [-0.4, -0.2) is 56.7 Å². The Morgan fingerprint density at radius 2 is 1.87 bits per heavy atom. The number of aromatic nitrogens is 3. The third-order valence-electron chi connectivity index (χ3n) is 5.82. The molecule has 0 saturated carbocycles. The van der Waals surface area contributed by atoms with Crippen molar-refractivity contribution < 1.29 is 9.18 Å². The quantitative estimate of drug-likeness (QED) is 0.662. The largest absolute Gasteiger partial charge is 0.336 e. The van der Waals surface area contributed by atoms with Crippen molar-refractivity contribution in [1.29, 1.82) is 0 Å². The van der Waals surface area contributed by atoms with Crippen LogP contribution in [0.4, 0.5) is 4.39 Å².